The summed E-state index contributed by atoms with van der Waals surface area (Å²) in [5.41, 5.74) is 9.82. The Bertz CT molecular complexity index is 747. The molecule has 22 heavy (non-hydrogen) atoms. The van der Waals surface area contributed by atoms with Crippen LogP contribution >= 0.6 is 22.7 Å². The lowest BCUT2D eigenvalue weighted by Crippen LogP contribution is -2.10. The number of hydrogen-bond acceptors (Lipinski definition) is 4. The maximum Gasteiger partial charge on any atom is 0.180 e. The number of anilines is 1. The van der Waals surface area contributed by atoms with Crippen LogP contribution in [0.25, 0.3) is 10.6 Å². The van der Waals surface area contributed by atoms with E-state index < -0.39 is 0 Å². The fourth-order valence-electron chi connectivity index (χ4n) is 2.40. The third-order valence-corrected chi connectivity index (χ3v) is 5.41. The molecule has 0 aliphatic carbocycles. The Morgan fingerprint density at radius 3 is 2.41 bits per heavy atom. The summed E-state index contributed by atoms with van der Waals surface area (Å²) in [6.45, 7) is 6.71. The van der Waals surface area contributed by atoms with Gasteiger partial charge < -0.3 is 5.73 Å². The molecule has 0 amide bonds. The van der Waals surface area contributed by atoms with Crippen LogP contribution in [0.3, 0.4) is 0 Å². The predicted octanol–water partition coefficient (Wildman–Crippen LogP) is 5.34. The first-order valence-corrected chi connectivity index (χ1v) is 9.01. The van der Waals surface area contributed by atoms with E-state index in [0.717, 1.165) is 12.1 Å². The Morgan fingerprint density at radius 2 is 1.82 bits per heavy atom. The zero-order valence-corrected chi connectivity index (χ0v) is 14.7. The number of nitrogen functional groups attached to an aromatic ring is 1. The molecule has 0 spiro atoms. The molecule has 0 aliphatic rings. The van der Waals surface area contributed by atoms with Crippen molar-refractivity contribution in [2.45, 2.75) is 32.6 Å². The summed E-state index contributed by atoms with van der Waals surface area (Å²) in [7, 11) is 0. The SMILES string of the molecule is CC(C)(C)c1ccc(Cc2sc(N)nc2-c2cccs2)cc1. The summed E-state index contributed by atoms with van der Waals surface area (Å²) in [6.07, 6.45) is 0.881. The van der Waals surface area contributed by atoms with Crippen LogP contribution in [-0.2, 0) is 11.8 Å². The molecule has 0 bridgehead atoms. The molecule has 3 aromatic rings. The molecular weight excluding hydrogens is 308 g/mol. The van der Waals surface area contributed by atoms with Crippen molar-refractivity contribution in [1.82, 2.24) is 4.98 Å². The lowest BCUT2D eigenvalue weighted by Gasteiger charge is -2.19. The third-order valence-electron chi connectivity index (χ3n) is 3.65. The highest BCUT2D eigenvalue weighted by Gasteiger charge is 2.15. The predicted molar refractivity (Wildman–Crippen MR) is 97.8 cm³/mol. The van der Waals surface area contributed by atoms with Gasteiger partial charge in [-0.25, -0.2) is 4.98 Å². The average molecular weight is 329 g/mol. The molecule has 2 heterocycles. The number of benzene rings is 1. The van der Waals surface area contributed by atoms with E-state index >= 15 is 0 Å². The second kappa shape index (κ2) is 5.86. The van der Waals surface area contributed by atoms with E-state index in [1.54, 1.807) is 22.7 Å². The van der Waals surface area contributed by atoms with E-state index in [4.69, 9.17) is 5.73 Å². The smallest absolute Gasteiger partial charge is 0.180 e. The first-order chi connectivity index (χ1) is 10.4. The van der Waals surface area contributed by atoms with E-state index in [1.807, 2.05) is 0 Å². The zero-order valence-electron chi connectivity index (χ0n) is 13.1. The topological polar surface area (TPSA) is 38.9 Å². The number of nitrogens with two attached hydrogens (primary N) is 1. The Hall–Kier alpha value is -1.65. The molecule has 2 aromatic heterocycles. The lowest BCUT2D eigenvalue weighted by molar-refractivity contribution is 0.590. The van der Waals surface area contributed by atoms with Gasteiger partial charge in [0.1, 0.15) is 0 Å². The summed E-state index contributed by atoms with van der Waals surface area (Å²) in [5, 5.41) is 2.72. The Morgan fingerprint density at radius 1 is 1.09 bits per heavy atom. The van der Waals surface area contributed by atoms with Crippen molar-refractivity contribution in [3.05, 3.63) is 57.8 Å². The van der Waals surface area contributed by atoms with Crippen LogP contribution in [0.4, 0.5) is 5.13 Å². The van der Waals surface area contributed by atoms with Gasteiger partial charge in [0.25, 0.3) is 0 Å². The van der Waals surface area contributed by atoms with E-state index in [2.05, 4.69) is 67.5 Å². The Kier molecular flexibility index (Phi) is 4.06. The molecule has 0 fully saturated rings. The van der Waals surface area contributed by atoms with Crippen molar-refractivity contribution in [2.75, 3.05) is 5.73 Å². The molecule has 2 N–H and O–H groups in total. The molecule has 1 aromatic carbocycles. The van der Waals surface area contributed by atoms with Crippen molar-refractivity contribution in [2.24, 2.45) is 0 Å². The quantitative estimate of drug-likeness (QED) is 0.704. The zero-order chi connectivity index (χ0) is 15.7. The van der Waals surface area contributed by atoms with E-state index in [-0.39, 0.29) is 5.41 Å². The first kappa shape index (κ1) is 15.3. The fourth-order valence-corrected chi connectivity index (χ4v) is 4.09. The summed E-state index contributed by atoms with van der Waals surface area (Å²) in [6, 6.07) is 13.0. The van der Waals surface area contributed by atoms with Gasteiger partial charge in [0.15, 0.2) is 5.13 Å². The maximum atomic E-state index is 5.93. The van der Waals surface area contributed by atoms with Gasteiger partial charge in [-0.2, -0.15) is 0 Å². The highest BCUT2D eigenvalue weighted by atomic mass is 32.1. The number of aromatic nitrogens is 1. The summed E-state index contributed by atoms with van der Waals surface area (Å²) in [5.74, 6) is 0. The molecular formula is C18H20N2S2. The van der Waals surface area contributed by atoms with E-state index in [0.29, 0.717) is 5.13 Å². The minimum absolute atomic E-state index is 0.190. The second-order valence-corrected chi connectivity index (χ2v) is 8.49. The summed E-state index contributed by atoms with van der Waals surface area (Å²) in [4.78, 5) is 6.94. The van der Waals surface area contributed by atoms with Gasteiger partial charge in [-0.1, -0.05) is 51.1 Å². The van der Waals surface area contributed by atoms with Crippen LogP contribution in [0.1, 0.15) is 36.8 Å². The van der Waals surface area contributed by atoms with Crippen LogP contribution in [-0.4, -0.2) is 4.98 Å². The molecule has 0 saturated heterocycles. The standard InChI is InChI=1S/C18H20N2S2/c1-18(2,3)13-8-6-12(7-9-13)11-15-16(20-17(19)22-15)14-5-4-10-21-14/h4-10H,11H2,1-3H3,(H2,19,20). The van der Waals surface area contributed by atoms with Gasteiger partial charge in [0.2, 0.25) is 0 Å². The molecule has 4 heteroatoms. The molecule has 0 radical (unpaired) electrons. The molecule has 0 unspecified atom stereocenters. The van der Waals surface area contributed by atoms with Crippen molar-refractivity contribution < 1.29 is 0 Å². The maximum absolute atomic E-state index is 5.93. The second-order valence-electron chi connectivity index (χ2n) is 6.42. The van der Waals surface area contributed by atoms with Gasteiger partial charge in [0.05, 0.1) is 10.6 Å². The molecule has 114 valence electrons. The molecule has 2 nitrogen and oxygen atoms in total. The largest absolute Gasteiger partial charge is 0.375 e. The van der Waals surface area contributed by atoms with Crippen LogP contribution < -0.4 is 5.73 Å². The normalized spacial score (nSPS) is 11.8. The minimum Gasteiger partial charge on any atom is -0.375 e. The Balaban J connectivity index is 1.88. The van der Waals surface area contributed by atoms with Crippen LogP contribution in [0.15, 0.2) is 41.8 Å². The van der Waals surface area contributed by atoms with Crippen molar-refractivity contribution in [3.63, 3.8) is 0 Å². The third kappa shape index (κ3) is 3.23. The molecule has 0 saturated carbocycles. The summed E-state index contributed by atoms with van der Waals surface area (Å²) < 4.78 is 0. The van der Waals surface area contributed by atoms with Crippen LogP contribution in [0.5, 0.6) is 0 Å². The first-order valence-electron chi connectivity index (χ1n) is 7.32. The summed E-state index contributed by atoms with van der Waals surface area (Å²) >= 11 is 3.30. The van der Waals surface area contributed by atoms with Gasteiger partial charge in [-0.15, -0.1) is 22.7 Å². The number of rotatable bonds is 3. The lowest BCUT2D eigenvalue weighted by atomic mass is 9.86. The van der Waals surface area contributed by atoms with Crippen molar-refractivity contribution >= 4 is 27.8 Å². The molecule has 0 aliphatic heterocycles. The number of hydrogen-bond donors (Lipinski definition) is 1. The molecule has 0 atom stereocenters. The molecule has 3 rings (SSSR count). The van der Waals surface area contributed by atoms with Crippen LogP contribution in [0, 0.1) is 0 Å². The van der Waals surface area contributed by atoms with E-state index in [1.165, 1.54) is 20.9 Å². The van der Waals surface area contributed by atoms with Crippen molar-refractivity contribution in [1.29, 1.82) is 0 Å². The number of thiazole rings is 1. The highest BCUT2D eigenvalue weighted by Crippen LogP contribution is 2.34. The Labute approximate surface area is 139 Å². The van der Waals surface area contributed by atoms with Crippen LogP contribution in [0.2, 0.25) is 0 Å². The van der Waals surface area contributed by atoms with Gasteiger partial charge in [-0.3, -0.25) is 0 Å². The average Bonchev–Trinajstić information content (AvgIpc) is 3.08. The van der Waals surface area contributed by atoms with E-state index in [9.17, 15) is 0 Å². The highest BCUT2D eigenvalue weighted by molar-refractivity contribution is 7.17. The van der Waals surface area contributed by atoms with Gasteiger partial charge in [0, 0.05) is 11.3 Å². The van der Waals surface area contributed by atoms with Crippen molar-refractivity contribution in [3.8, 4) is 10.6 Å². The van der Waals surface area contributed by atoms with Gasteiger partial charge in [-0.05, 0) is 28.0 Å². The fraction of sp³-hybridized carbons (Fsp3) is 0.278. The minimum atomic E-state index is 0.190. The van der Waals surface area contributed by atoms with Gasteiger partial charge >= 0.3 is 0 Å². The monoisotopic (exact) mass is 328 g/mol. The number of nitrogens with zero attached hydrogens (tertiary/aromatic N) is 1. The number of thiophene rings is 1.